The molecule has 0 aromatic carbocycles. The lowest BCUT2D eigenvalue weighted by Crippen LogP contribution is -2.23. The van der Waals surface area contributed by atoms with Crippen LogP contribution >= 0.6 is 0 Å². The van der Waals surface area contributed by atoms with Gasteiger partial charge >= 0.3 is 0 Å². The number of imidazole rings is 1. The molecule has 0 radical (unpaired) electrons. The highest BCUT2D eigenvalue weighted by atomic mass is 15.1. The molecule has 1 N–H and O–H groups in total. The Bertz CT molecular complexity index is 449. The molecule has 0 fully saturated rings. The Morgan fingerprint density at radius 1 is 1.29 bits per heavy atom. The third kappa shape index (κ3) is 3.14. The second-order valence-electron chi connectivity index (χ2n) is 4.14. The van der Waals surface area contributed by atoms with Gasteiger partial charge in [-0.2, -0.15) is 0 Å². The van der Waals surface area contributed by atoms with E-state index in [1.165, 1.54) is 0 Å². The second kappa shape index (κ2) is 5.59. The highest BCUT2D eigenvalue weighted by molar-refractivity contribution is 5.04. The molecular formula is C13H18N4. The van der Waals surface area contributed by atoms with E-state index in [1.54, 1.807) is 0 Å². The summed E-state index contributed by atoms with van der Waals surface area (Å²) in [6, 6.07) is 6.27. The third-order valence-corrected chi connectivity index (χ3v) is 2.80. The Hall–Kier alpha value is -1.68. The normalized spacial score (nSPS) is 12.6. The summed E-state index contributed by atoms with van der Waals surface area (Å²) in [6.45, 7) is 3.03. The molecule has 2 rings (SSSR count). The van der Waals surface area contributed by atoms with E-state index in [0.29, 0.717) is 0 Å². The van der Waals surface area contributed by atoms with Crippen LogP contribution in [0.1, 0.15) is 24.5 Å². The van der Waals surface area contributed by atoms with Crippen molar-refractivity contribution < 1.29 is 0 Å². The van der Waals surface area contributed by atoms with Crippen molar-refractivity contribution in [1.82, 2.24) is 19.9 Å². The van der Waals surface area contributed by atoms with E-state index in [1.807, 2.05) is 48.4 Å². The van der Waals surface area contributed by atoms with Crippen LogP contribution in [-0.2, 0) is 13.5 Å². The van der Waals surface area contributed by atoms with E-state index in [4.69, 9.17) is 0 Å². The first-order valence-electron chi connectivity index (χ1n) is 5.88. The standard InChI is InChI=1S/C13H18N4/c1-11(13-16-9-10-17(13)2)14-8-6-12-5-3-4-7-15-12/h3-5,7,9-11,14H,6,8H2,1-2H3. The zero-order valence-corrected chi connectivity index (χ0v) is 10.3. The SMILES string of the molecule is CC(NCCc1ccccn1)c1nccn1C. The maximum absolute atomic E-state index is 4.33. The van der Waals surface area contributed by atoms with E-state index in [9.17, 15) is 0 Å². The molecule has 2 heterocycles. The van der Waals surface area contributed by atoms with Crippen molar-refractivity contribution in [3.63, 3.8) is 0 Å². The van der Waals surface area contributed by atoms with Crippen LogP contribution in [0.25, 0.3) is 0 Å². The zero-order chi connectivity index (χ0) is 12.1. The van der Waals surface area contributed by atoms with Crippen LogP contribution in [0.5, 0.6) is 0 Å². The Morgan fingerprint density at radius 3 is 2.82 bits per heavy atom. The number of hydrogen-bond acceptors (Lipinski definition) is 3. The molecule has 0 bridgehead atoms. The van der Waals surface area contributed by atoms with Crippen molar-refractivity contribution in [1.29, 1.82) is 0 Å². The van der Waals surface area contributed by atoms with Crippen molar-refractivity contribution in [2.75, 3.05) is 6.54 Å². The van der Waals surface area contributed by atoms with Gasteiger partial charge in [0.1, 0.15) is 5.82 Å². The Balaban J connectivity index is 1.81. The fourth-order valence-corrected chi connectivity index (χ4v) is 1.85. The molecule has 0 spiro atoms. The molecule has 0 aliphatic rings. The average molecular weight is 230 g/mol. The molecule has 17 heavy (non-hydrogen) atoms. The highest BCUT2D eigenvalue weighted by Gasteiger charge is 2.08. The van der Waals surface area contributed by atoms with E-state index in [2.05, 4.69) is 22.2 Å². The van der Waals surface area contributed by atoms with E-state index < -0.39 is 0 Å². The van der Waals surface area contributed by atoms with Gasteiger partial charge in [-0.3, -0.25) is 4.98 Å². The predicted octanol–water partition coefficient (Wildman–Crippen LogP) is 1.71. The smallest absolute Gasteiger partial charge is 0.125 e. The highest BCUT2D eigenvalue weighted by Crippen LogP contribution is 2.07. The molecule has 1 atom stereocenters. The summed E-state index contributed by atoms with van der Waals surface area (Å²) in [5, 5.41) is 3.45. The number of nitrogens with zero attached hydrogens (tertiary/aromatic N) is 3. The van der Waals surface area contributed by atoms with Gasteiger partial charge in [-0.15, -0.1) is 0 Å². The zero-order valence-electron chi connectivity index (χ0n) is 10.3. The number of pyridine rings is 1. The molecule has 4 heteroatoms. The monoisotopic (exact) mass is 230 g/mol. The van der Waals surface area contributed by atoms with Gasteiger partial charge < -0.3 is 9.88 Å². The quantitative estimate of drug-likeness (QED) is 0.850. The summed E-state index contributed by atoms with van der Waals surface area (Å²) in [5.41, 5.74) is 1.12. The number of rotatable bonds is 5. The van der Waals surface area contributed by atoms with Crippen molar-refractivity contribution in [2.24, 2.45) is 7.05 Å². The Morgan fingerprint density at radius 2 is 2.18 bits per heavy atom. The average Bonchev–Trinajstić information content (AvgIpc) is 2.77. The Kier molecular flexibility index (Phi) is 3.88. The van der Waals surface area contributed by atoms with Crippen molar-refractivity contribution in [3.8, 4) is 0 Å². The lowest BCUT2D eigenvalue weighted by Gasteiger charge is -2.13. The number of aryl methyl sites for hydroxylation is 1. The lowest BCUT2D eigenvalue weighted by atomic mass is 10.2. The van der Waals surface area contributed by atoms with Gasteiger partial charge in [-0.25, -0.2) is 4.98 Å². The number of nitrogens with one attached hydrogen (secondary N) is 1. The van der Waals surface area contributed by atoms with Crippen molar-refractivity contribution >= 4 is 0 Å². The Labute approximate surface area is 102 Å². The fourth-order valence-electron chi connectivity index (χ4n) is 1.85. The van der Waals surface area contributed by atoms with Crippen LogP contribution in [0, 0.1) is 0 Å². The van der Waals surface area contributed by atoms with Gasteiger partial charge in [0.15, 0.2) is 0 Å². The minimum absolute atomic E-state index is 0.263. The summed E-state index contributed by atoms with van der Waals surface area (Å²) >= 11 is 0. The van der Waals surface area contributed by atoms with Crippen LogP contribution < -0.4 is 5.32 Å². The minimum Gasteiger partial charge on any atom is -0.337 e. The molecule has 0 saturated heterocycles. The summed E-state index contributed by atoms with van der Waals surface area (Å²) in [5.74, 6) is 1.06. The predicted molar refractivity (Wildman–Crippen MR) is 67.6 cm³/mol. The first-order valence-corrected chi connectivity index (χ1v) is 5.88. The molecule has 2 aromatic rings. The topological polar surface area (TPSA) is 42.7 Å². The molecule has 0 aliphatic heterocycles. The van der Waals surface area contributed by atoms with E-state index in [-0.39, 0.29) is 6.04 Å². The van der Waals surface area contributed by atoms with Gasteiger partial charge in [0.2, 0.25) is 0 Å². The van der Waals surface area contributed by atoms with Crippen molar-refractivity contribution in [3.05, 3.63) is 48.3 Å². The summed E-state index contributed by atoms with van der Waals surface area (Å²) in [7, 11) is 2.01. The summed E-state index contributed by atoms with van der Waals surface area (Å²) in [4.78, 5) is 8.62. The van der Waals surface area contributed by atoms with Gasteiger partial charge in [-0.1, -0.05) is 6.07 Å². The molecular weight excluding hydrogens is 212 g/mol. The van der Waals surface area contributed by atoms with Crippen LogP contribution in [-0.4, -0.2) is 21.1 Å². The maximum Gasteiger partial charge on any atom is 0.125 e. The molecule has 4 nitrogen and oxygen atoms in total. The molecule has 0 amide bonds. The fraction of sp³-hybridized carbons (Fsp3) is 0.385. The minimum atomic E-state index is 0.263. The first kappa shape index (κ1) is 11.8. The maximum atomic E-state index is 4.33. The molecule has 0 aliphatic carbocycles. The van der Waals surface area contributed by atoms with Crippen LogP contribution in [0.15, 0.2) is 36.8 Å². The first-order chi connectivity index (χ1) is 8.27. The van der Waals surface area contributed by atoms with E-state index in [0.717, 1.165) is 24.5 Å². The largest absolute Gasteiger partial charge is 0.337 e. The lowest BCUT2D eigenvalue weighted by molar-refractivity contribution is 0.531. The van der Waals surface area contributed by atoms with Crippen LogP contribution in [0.2, 0.25) is 0 Å². The second-order valence-corrected chi connectivity index (χ2v) is 4.14. The van der Waals surface area contributed by atoms with E-state index >= 15 is 0 Å². The summed E-state index contributed by atoms with van der Waals surface area (Å²) in [6.07, 6.45) is 6.56. The number of hydrogen-bond donors (Lipinski definition) is 1. The summed E-state index contributed by atoms with van der Waals surface area (Å²) < 4.78 is 2.04. The molecule has 2 aromatic heterocycles. The molecule has 90 valence electrons. The molecule has 0 saturated carbocycles. The van der Waals surface area contributed by atoms with Crippen LogP contribution in [0.3, 0.4) is 0 Å². The van der Waals surface area contributed by atoms with Crippen LogP contribution in [0.4, 0.5) is 0 Å². The molecule has 1 unspecified atom stereocenters. The van der Waals surface area contributed by atoms with Gasteiger partial charge in [0.05, 0.1) is 6.04 Å². The van der Waals surface area contributed by atoms with Gasteiger partial charge in [0.25, 0.3) is 0 Å². The van der Waals surface area contributed by atoms with Gasteiger partial charge in [0, 0.05) is 44.3 Å². The van der Waals surface area contributed by atoms with Crippen molar-refractivity contribution in [2.45, 2.75) is 19.4 Å². The van der Waals surface area contributed by atoms with Gasteiger partial charge in [-0.05, 0) is 19.1 Å². The third-order valence-electron chi connectivity index (χ3n) is 2.80. The number of aromatic nitrogens is 3.